The maximum atomic E-state index is 6.06. The summed E-state index contributed by atoms with van der Waals surface area (Å²) < 4.78 is 5.10. The summed E-state index contributed by atoms with van der Waals surface area (Å²) in [5.74, 6) is 1.09. The zero-order chi connectivity index (χ0) is 12.3. The SMILES string of the molecule is CC[C@H](N)c1nc(Cc2ccccc2Cl)no1. The molecule has 0 aliphatic rings. The van der Waals surface area contributed by atoms with E-state index in [9.17, 15) is 0 Å². The molecule has 90 valence electrons. The van der Waals surface area contributed by atoms with Gasteiger partial charge in [-0.25, -0.2) is 0 Å². The van der Waals surface area contributed by atoms with E-state index in [1.54, 1.807) is 0 Å². The summed E-state index contributed by atoms with van der Waals surface area (Å²) in [5, 5.41) is 4.60. The fourth-order valence-corrected chi connectivity index (χ4v) is 1.68. The highest BCUT2D eigenvalue weighted by molar-refractivity contribution is 6.31. The molecular weight excluding hydrogens is 238 g/mol. The van der Waals surface area contributed by atoms with Crippen LogP contribution in [0.3, 0.4) is 0 Å². The molecule has 1 atom stereocenters. The van der Waals surface area contributed by atoms with Crippen molar-refractivity contribution < 1.29 is 4.52 Å². The number of hydrogen-bond donors (Lipinski definition) is 1. The van der Waals surface area contributed by atoms with E-state index in [0.29, 0.717) is 23.2 Å². The average molecular weight is 252 g/mol. The van der Waals surface area contributed by atoms with Crippen molar-refractivity contribution in [2.45, 2.75) is 25.8 Å². The predicted molar refractivity (Wildman–Crippen MR) is 65.8 cm³/mol. The Balaban J connectivity index is 2.14. The van der Waals surface area contributed by atoms with Crippen LogP contribution < -0.4 is 5.73 Å². The number of aromatic nitrogens is 2. The van der Waals surface area contributed by atoms with Gasteiger partial charge in [0.15, 0.2) is 5.82 Å². The molecule has 1 aromatic heterocycles. The van der Waals surface area contributed by atoms with Crippen LogP contribution in [0.15, 0.2) is 28.8 Å². The Labute approximate surface area is 105 Å². The van der Waals surface area contributed by atoms with E-state index in [0.717, 1.165) is 12.0 Å². The van der Waals surface area contributed by atoms with Gasteiger partial charge >= 0.3 is 0 Å². The Morgan fingerprint density at radius 3 is 2.88 bits per heavy atom. The number of nitrogens with zero attached hydrogens (tertiary/aromatic N) is 2. The van der Waals surface area contributed by atoms with Crippen LogP contribution in [-0.4, -0.2) is 10.1 Å². The molecule has 0 bridgehead atoms. The van der Waals surface area contributed by atoms with Crippen LogP contribution in [0, 0.1) is 0 Å². The summed E-state index contributed by atoms with van der Waals surface area (Å²) in [6.07, 6.45) is 1.33. The lowest BCUT2D eigenvalue weighted by Crippen LogP contribution is -2.08. The van der Waals surface area contributed by atoms with E-state index in [2.05, 4.69) is 10.1 Å². The van der Waals surface area contributed by atoms with Gasteiger partial charge in [-0.2, -0.15) is 4.98 Å². The van der Waals surface area contributed by atoms with Gasteiger partial charge in [-0.15, -0.1) is 0 Å². The van der Waals surface area contributed by atoms with Crippen LogP contribution >= 0.6 is 11.6 Å². The summed E-state index contributed by atoms with van der Waals surface area (Å²) in [5.41, 5.74) is 6.79. The zero-order valence-corrected chi connectivity index (χ0v) is 10.3. The first-order valence-electron chi connectivity index (χ1n) is 5.52. The third-order valence-electron chi connectivity index (χ3n) is 2.55. The van der Waals surface area contributed by atoms with Gasteiger partial charge in [0.05, 0.1) is 6.04 Å². The predicted octanol–water partition coefficient (Wildman–Crippen LogP) is 2.72. The molecule has 0 radical (unpaired) electrons. The minimum Gasteiger partial charge on any atom is -0.338 e. The molecule has 0 aliphatic carbocycles. The first-order valence-corrected chi connectivity index (χ1v) is 5.90. The monoisotopic (exact) mass is 251 g/mol. The number of nitrogens with two attached hydrogens (primary N) is 1. The third-order valence-corrected chi connectivity index (χ3v) is 2.92. The van der Waals surface area contributed by atoms with Crippen molar-refractivity contribution >= 4 is 11.6 Å². The topological polar surface area (TPSA) is 64.9 Å². The second kappa shape index (κ2) is 5.29. The Hall–Kier alpha value is -1.39. The Bertz CT molecular complexity index is 498. The molecule has 2 N–H and O–H groups in total. The molecule has 1 heterocycles. The summed E-state index contributed by atoms with van der Waals surface area (Å²) in [6.45, 7) is 1.97. The number of benzene rings is 1. The number of hydrogen-bond acceptors (Lipinski definition) is 4. The van der Waals surface area contributed by atoms with Crippen molar-refractivity contribution in [1.82, 2.24) is 10.1 Å². The number of halogens is 1. The van der Waals surface area contributed by atoms with Gasteiger partial charge < -0.3 is 10.3 Å². The van der Waals surface area contributed by atoms with Crippen molar-refractivity contribution in [1.29, 1.82) is 0 Å². The van der Waals surface area contributed by atoms with E-state index in [-0.39, 0.29) is 6.04 Å². The van der Waals surface area contributed by atoms with Gasteiger partial charge in [0.1, 0.15) is 0 Å². The van der Waals surface area contributed by atoms with Crippen LogP contribution in [0.5, 0.6) is 0 Å². The highest BCUT2D eigenvalue weighted by Crippen LogP contribution is 2.18. The molecule has 2 aromatic rings. The minimum absolute atomic E-state index is 0.192. The van der Waals surface area contributed by atoms with Crippen molar-refractivity contribution in [3.8, 4) is 0 Å². The molecule has 4 nitrogen and oxygen atoms in total. The van der Waals surface area contributed by atoms with Crippen LogP contribution in [0.25, 0.3) is 0 Å². The van der Waals surface area contributed by atoms with Crippen LogP contribution in [-0.2, 0) is 6.42 Å². The van der Waals surface area contributed by atoms with E-state index in [1.165, 1.54) is 0 Å². The average Bonchev–Trinajstić information content (AvgIpc) is 2.80. The van der Waals surface area contributed by atoms with E-state index >= 15 is 0 Å². The van der Waals surface area contributed by atoms with Crippen LogP contribution in [0.4, 0.5) is 0 Å². The van der Waals surface area contributed by atoms with E-state index < -0.39 is 0 Å². The van der Waals surface area contributed by atoms with Crippen molar-refractivity contribution in [3.63, 3.8) is 0 Å². The molecule has 0 saturated carbocycles. The Morgan fingerprint density at radius 2 is 2.18 bits per heavy atom. The Kier molecular flexibility index (Phi) is 3.76. The summed E-state index contributed by atoms with van der Waals surface area (Å²) >= 11 is 6.06. The number of rotatable bonds is 4. The van der Waals surface area contributed by atoms with Crippen molar-refractivity contribution in [2.24, 2.45) is 5.73 Å². The maximum Gasteiger partial charge on any atom is 0.243 e. The minimum atomic E-state index is -0.192. The quantitative estimate of drug-likeness (QED) is 0.907. The molecule has 0 saturated heterocycles. The van der Waals surface area contributed by atoms with E-state index in [4.69, 9.17) is 21.9 Å². The molecule has 5 heteroatoms. The largest absolute Gasteiger partial charge is 0.338 e. The first kappa shape index (κ1) is 12.1. The molecular formula is C12H14ClN3O. The lowest BCUT2D eigenvalue weighted by Gasteiger charge is -2.00. The smallest absolute Gasteiger partial charge is 0.243 e. The molecule has 0 amide bonds. The van der Waals surface area contributed by atoms with Crippen LogP contribution in [0.2, 0.25) is 5.02 Å². The third kappa shape index (κ3) is 2.84. The lowest BCUT2D eigenvalue weighted by molar-refractivity contribution is 0.348. The zero-order valence-electron chi connectivity index (χ0n) is 9.56. The van der Waals surface area contributed by atoms with Gasteiger partial charge in [-0.3, -0.25) is 0 Å². The van der Waals surface area contributed by atoms with Gasteiger partial charge in [-0.05, 0) is 18.1 Å². The lowest BCUT2D eigenvalue weighted by atomic mass is 10.1. The molecule has 1 aromatic carbocycles. The van der Waals surface area contributed by atoms with Gasteiger partial charge in [0.25, 0.3) is 0 Å². The standard InChI is InChI=1S/C12H14ClN3O/c1-2-10(14)12-15-11(16-17-12)7-8-5-3-4-6-9(8)13/h3-6,10H,2,7,14H2,1H3/t10-/m0/s1. The van der Waals surface area contributed by atoms with E-state index in [1.807, 2.05) is 31.2 Å². The highest BCUT2D eigenvalue weighted by Gasteiger charge is 2.13. The molecule has 0 aliphatic heterocycles. The van der Waals surface area contributed by atoms with Gasteiger partial charge in [-0.1, -0.05) is 41.9 Å². The summed E-state index contributed by atoms with van der Waals surface area (Å²) in [7, 11) is 0. The molecule has 17 heavy (non-hydrogen) atoms. The molecule has 2 rings (SSSR count). The highest BCUT2D eigenvalue weighted by atomic mass is 35.5. The normalized spacial score (nSPS) is 12.6. The second-order valence-electron chi connectivity index (χ2n) is 3.83. The van der Waals surface area contributed by atoms with Crippen LogP contribution in [0.1, 0.15) is 36.7 Å². The van der Waals surface area contributed by atoms with Crippen molar-refractivity contribution in [2.75, 3.05) is 0 Å². The molecule has 0 fully saturated rings. The molecule has 0 unspecified atom stereocenters. The van der Waals surface area contributed by atoms with Gasteiger partial charge in [0.2, 0.25) is 5.89 Å². The molecule has 0 spiro atoms. The van der Waals surface area contributed by atoms with Gasteiger partial charge in [0, 0.05) is 11.4 Å². The summed E-state index contributed by atoms with van der Waals surface area (Å²) in [6, 6.07) is 7.41. The maximum absolute atomic E-state index is 6.06. The first-order chi connectivity index (χ1) is 8.20. The fraction of sp³-hybridized carbons (Fsp3) is 0.333. The van der Waals surface area contributed by atoms with Crippen molar-refractivity contribution in [3.05, 3.63) is 46.6 Å². The summed E-state index contributed by atoms with van der Waals surface area (Å²) in [4.78, 5) is 4.26. The second-order valence-corrected chi connectivity index (χ2v) is 4.24. The fourth-order valence-electron chi connectivity index (χ4n) is 1.48. The Morgan fingerprint density at radius 1 is 1.41 bits per heavy atom.